The molecule has 1 unspecified atom stereocenters. The van der Waals surface area contributed by atoms with E-state index in [-0.39, 0.29) is 16.7 Å². The number of nitrogens with one attached hydrogen (secondary N) is 2. The van der Waals surface area contributed by atoms with Crippen molar-refractivity contribution in [1.82, 2.24) is 20.5 Å². The normalized spacial score (nSPS) is 12.7. The SMILES string of the molecule is CCC(C)(C)NC(=O)C(C)Sc1n[nH]c(-c2cc(Cl)ccc2OC)n1. The van der Waals surface area contributed by atoms with E-state index in [1.54, 1.807) is 25.3 Å². The van der Waals surface area contributed by atoms with Crippen LogP contribution in [0.2, 0.25) is 5.02 Å². The van der Waals surface area contributed by atoms with E-state index in [1.807, 2.05) is 27.7 Å². The number of hydrogen-bond donors (Lipinski definition) is 2. The second kappa shape index (κ2) is 8.10. The number of benzene rings is 1. The quantitative estimate of drug-likeness (QED) is 0.709. The summed E-state index contributed by atoms with van der Waals surface area (Å²) in [5, 5.41) is 10.9. The van der Waals surface area contributed by atoms with Gasteiger partial charge in [-0.05, 0) is 45.4 Å². The number of aromatic nitrogens is 3. The molecule has 0 radical (unpaired) electrons. The average molecular weight is 383 g/mol. The standard InChI is InChI=1S/C17H23ClN4O2S/c1-6-17(3,4)20-15(23)10(2)25-16-19-14(21-22-16)12-9-11(18)7-8-13(12)24-5/h7-10H,6H2,1-5H3,(H,20,23)(H,19,21,22). The number of amides is 1. The fourth-order valence-corrected chi connectivity index (χ4v) is 2.92. The smallest absolute Gasteiger partial charge is 0.233 e. The molecular weight excluding hydrogens is 360 g/mol. The van der Waals surface area contributed by atoms with Crippen LogP contribution in [0.1, 0.15) is 34.1 Å². The van der Waals surface area contributed by atoms with E-state index in [0.717, 1.165) is 12.0 Å². The van der Waals surface area contributed by atoms with Crippen molar-refractivity contribution in [3.63, 3.8) is 0 Å². The number of ether oxygens (including phenoxy) is 1. The number of thioether (sulfide) groups is 1. The molecule has 0 saturated heterocycles. The van der Waals surface area contributed by atoms with Crippen LogP contribution >= 0.6 is 23.4 Å². The average Bonchev–Trinajstić information content (AvgIpc) is 3.02. The number of hydrogen-bond acceptors (Lipinski definition) is 5. The summed E-state index contributed by atoms with van der Waals surface area (Å²) in [6.07, 6.45) is 0.857. The van der Waals surface area contributed by atoms with Gasteiger partial charge in [-0.25, -0.2) is 4.98 Å². The molecule has 0 aliphatic heterocycles. The lowest BCUT2D eigenvalue weighted by Gasteiger charge is -2.26. The molecule has 2 rings (SSSR count). The number of carbonyl (C=O) groups is 1. The molecule has 0 spiro atoms. The van der Waals surface area contributed by atoms with Crippen LogP contribution in [0.5, 0.6) is 5.75 Å². The van der Waals surface area contributed by atoms with E-state index in [2.05, 4.69) is 20.5 Å². The third-order valence-electron chi connectivity index (χ3n) is 3.88. The highest BCUT2D eigenvalue weighted by molar-refractivity contribution is 8.00. The van der Waals surface area contributed by atoms with Gasteiger partial charge in [-0.2, -0.15) is 0 Å². The summed E-state index contributed by atoms with van der Waals surface area (Å²) in [7, 11) is 1.58. The Morgan fingerprint density at radius 2 is 2.20 bits per heavy atom. The summed E-state index contributed by atoms with van der Waals surface area (Å²) in [6, 6.07) is 5.28. The minimum Gasteiger partial charge on any atom is -0.496 e. The molecule has 136 valence electrons. The molecule has 1 atom stereocenters. The molecule has 0 fully saturated rings. The number of carbonyl (C=O) groups excluding carboxylic acids is 1. The first-order chi connectivity index (χ1) is 11.8. The zero-order chi connectivity index (χ0) is 18.6. The van der Waals surface area contributed by atoms with Crippen molar-refractivity contribution in [3.05, 3.63) is 23.2 Å². The molecule has 0 aliphatic carbocycles. The summed E-state index contributed by atoms with van der Waals surface area (Å²) in [6.45, 7) is 7.87. The molecule has 2 N–H and O–H groups in total. The van der Waals surface area contributed by atoms with Crippen LogP contribution in [0, 0.1) is 0 Å². The highest BCUT2D eigenvalue weighted by atomic mass is 35.5. The van der Waals surface area contributed by atoms with Crippen LogP contribution in [-0.2, 0) is 4.79 Å². The molecule has 6 nitrogen and oxygen atoms in total. The van der Waals surface area contributed by atoms with E-state index in [4.69, 9.17) is 16.3 Å². The summed E-state index contributed by atoms with van der Waals surface area (Å²) >= 11 is 7.35. The summed E-state index contributed by atoms with van der Waals surface area (Å²) in [4.78, 5) is 16.8. The third-order valence-corrected chi connectivity index (χ3v) is 5.07. The van der Waals surface area contributed by atoms with Gasteiger partial charge in [-0.3, -0.25) is 9.89 Å². The Morgan fingerprint density at radius 1 is 1.48 bits per heavy atom. The molecule has 1 heterocycles. The van der Waals surface area contributed by atoms with Gasteiger partial charge in [0.25, 0.3) is 0 Å². The molecule has 2 aromatic rings. The van der Waals surface area contributed by atoms with Gasteiger partial charge >= 0.3 is 0 Å². The van der Waals surface area contributed by atoms with E-state index >= 15 is 0 Å². The largest absolute Gasteiger partial charge is 0.496 e. The Kier molecular flexibility index (Phi) is 6.35. The summed E-state index contributed by atoms with van der Waals surface area (Å²) in [5.74, 6) is 1.15. The maximum Gasteiger partial charge on any atom is 0.233 e. The second-order valence-electron chi connectivity index (χ2n) is 6.30. The minimum absolute atomic E-state index is 0.0384. The van der Waals surface area contributed by atoms with Crippen LogP contribution in [0.3, 0.4) is 0 Å². The highest BCUT2D eigenvalue weighted by Crippen LogP contribution is 2.31. The minimum atomic E-state index is -0.310. The molecule has 0 aliphatic rings. The molecule has 8 heteroatoms. The first kappa shape index (κ1) is 19.6. The molecule has 1 aromatic heterocycles. The van der Waals surface area contributed by atoms with Crippen LogP contribution in [-0.4, -0.2) is 39.0 Å². The lowest BCUT2D eigenvalue weighted by Crippen LogP contribution is -2.46. The van der Waals surface area contributed by atoms with Gasteiger partial charge in [0.2, 0.25) is 11.1 Å². The Bertz CT molecular complexity index is 748. The van der Waals surface area contributed by atoms with E-state index < -0.39 is 0 Å². The zero-order valence-electron chi connectivity index (χ0n) is 15.0. The second-order valence-corrected chi connectivity index (χ2v) is 8.04. The molecule has 0 bridgehead atoms. The predicted molar refractivity (Wildman–Crippen MR) is 101 cm³/mol. The Balaban J connectivity index is 2.12. The van der Waals surface area contributed by atoms with Gasteiger partial charge in [0.15, 0.2) is 5.82 Å². The number of nitrogens with zero attached hydrogens (tertiary/aromatic N) is 2. The Hall–Kier alpha value is -1.73. The van der Waals surface area contributed by atoms with Crippen LogP contribution < -0.4 is 10.1 Å². The topological polar surface area (TPSA) is 79.9 Å². The van der Waals surface area contributed by atoms with E-state index in [1.165, 1.54) is 11.8 Å². The molecule has 0 saturated carbocycles. The van der Waals surface area contributed by atoms with Crippen LogP contribution in [0.15, 0.2) is 23.4 Å². The monoisotopic (exact) mass is 382 g/mol. The number of halogens is 1. The third kappa shape index (κ3) is 5.12. The van der Waals surface area contributed by atoms with Crippen molar-refractivity contribution in [1.29, 1.82) is 0 Å². The molecule has 25 heavy (non-hydrogen) atoms. The fourth-order valence-electron chi connectivity index (χ4n) is 2.02. The number of rotatable bonds is 7. The van der Waals surface area contributed by atoms with Gasteiger partial charge in [-0.15, -0.1) is 5.10 Å². The van der Waals surface area contributed by atoms with Crippen molar-refractivity contribution in [2.24, 2.45) is 0 Å². The van der Waals surface area contributed by atoms with Crippen LogP contribution in [0.25, 0.3) is 11.4 Å². The Morgan fingerprint density at radius 3 is 2.84 bits per heavy atom. The zero-order valence-corrected chi connectivity index (χ0v) is 16.6. The number of methoxy groups -OCH3 is 1. The van der Waals surface area contributed by atoms with Gasteiger partial charge in [0, 0.05) is 10.6 Å². The van der Waals surface area contributed by atoms with E-state index in [9.17, 15) is 4.79 Å². The van der Waals surface area contributed by atoms with Crippen molar-refractivity contribution < 1.29 is 9.53 Å². The first-order valence-corrected chi connectivity index (χ1v) is 9.26. The van der Waals surface area contributed by atoms with Crippen LogP contribution in [0.4, 0.5) is 0 Å². The van der Waals surface area contributed by atoms with Gasteiger partial charge < -0.3 is 10.1 Å². The number of H-pyrrole nitrogens is 1. The summed E-state index contributed by atoms with van der Waals surface area (Å²) < 4.78 is 5.33. The van der Waals surface area contributed by atoms with Crippen molar-refractivity contribution in [2.45, 2.75) is 50.1 Å². The summed E-state index contributed by atoms with van der Waals surface area (Å²) in [5.41, 5.74) is 0.489. The lowest BCUT2D eigenvalue weighted by molar-refractivity contribution is -0.121. The fraction of sp³-hybridized carbons (Fsp3) is 0.471. The van der Waals surface area contributed by atoms with Gasteiger partial charge in [0.1, 0.15) is 5.75 Å². The molecule has 1 amide bonds. The molecule has 1 aromatic carbocycles. The maximum absolute atomic E-state index is 12.3. The highest BCUT2D eigenvalue weighted by Gasteiger charge is 2.24. The predicted octanol–water partition coefficient (Wildman–Crippen LogP) is 3.92. The maximum atomic E-state index is 12.3. The Labute approximate surface area is 157 Å². The van der Waals surface area contributed by atoms with Gasteiger partial charge in [-0.1, -0.05) is 30.3 Å². The van der Waals surface area contributed by atoms with Crippen molar-refractivity contribution in [2.75, 3.05) is 7.11 Å². The molecular formula is C17H23ClN4O2S. The number of aromatic amines is 1. The van der Waals surface area contributed by atoms with Gasteiger partial charge in [0.05, 0.1) is 17.9 Å². The van der Waals surface area contributed by atoms with Crippen molar-refractivity contribution in [3.8, 4) is 17.1 Å². The first-order valence-electron chi connectivity index (χ1n) is 8.00. The van der Waals surface area contributed by atoms with Crippen molar-refractivity contribution >= 4 is 29.3 Å². The van der Waals surface area contributed by atoms with E-state index in [0.29, 0.717) is 21.8 Å². The lowest BCUT2D eigenvalue weighted by atomic mass is 10.0.